The van der Waals surface area contributed by atoms with Crippen molar-refractivity contribution in [2.75, 3.05) is 24.0 Å². The van der Waals surface area contributed by atoms with Gasteiger partial charge < -0.3 is 4.90 Å². The number of fused-ring (bicyclic) bond motifs is 1. The van der Waals surface area contributed by atoms with E-state index < -0.39 is 0 Å². The number of hydrogen-bond acceptors (Lipinski definition) is 5. The van der Waals surface area contributed by atoms with Gasteiger partial charge in [0.05, 0.1) is 0 Å². The van der Waals surface area contributed by atoms with Gasteiger partial charge in [-0.2, -0.15) is 31.3 Å². The lowest BCUT2D eigenvalue weighted by Gasteiger charge is -2.28. The van der Waals surface area contributed by atoms with Crippen LogP contribution in [0.2, 0.25) is 5.15 Å². The Morgan fingerprint density at radius 2 is 2.33 bits per heavy atom. The van der Waals surface area contributed by atoms with Crippen molar-refractivity contribution in [3.8, 4) is 0 Å². The van der Waals surface area contributed by atoms with E-state index in [-0.39, 0.29) is 0 Å². The maximum atomic E-state index is 6.03. The van der Waals surface area contributed by atoms with E-state index in [0.29, 0.717) is 17.0 Å². The molecule has 0 radical (unpaired) electrons. The molecule has 0 saturated carbocycles. The SMILES string of the molecule is CCC(CSC)N(C)c1cc(Cl)nc2ncnn12. The van der Waals surface area contributed by atoms with Crippen LogP contribution in [0.4, 0.5) is 5.82 Å². The maximum absolute atomic E-state index is 6.03. The molecule has 0 N–H and O–H groups in total. The van der Waals surface area contributed by atoms with Crippen molar-refractivity contribution >= 4 is 35.0 Å². The van der Waals surface area contributed by atoms with E-state index in [0.717, 1.165) is 18.0 Å². The lowest BCUT2D eigenvalue weighted by molar-refractivity contribution is 0.655. The van der Waals surface area contributed by atoms with Crippen LogP contribution in [-0.4, -0.2) is 44.7 Å². The molecule has 1 unspecified atom stereocenters. The number of nitrogens with zero attached hydrogens (tertiary/aromatic N) is 5. The van der Waals surface area contributed by atoms with Crippen LogP contribution in [0.5, 0.6) is 0 Å². The molecule has 7 heteroatoms. The molecule has 5 nitrogen and oxygen atoms in total. The topological polar surface area (TPSA) is 46.3 Å². The highest BCUT2D eigenvalue weighted by Gasteiger charge is 2.17. The first kappa shape index (κ1) is 13.4. The summed E-state index contributed by atoms with van der Waals surface area (Å²) in [5.41, 5.74) is 0. The van der Waals surface area contributed by atoms with E-state index in [1.54, 1.807) is 4.52 Å². The van der Waals surface area contributed by atoms with Crippen molar-refractivity contribution in [1.29, 1.82) is 0 Å². The second kappa shape index (κ2) is 5.75. The highest BCUT2D eigenvalue weighted by molar-refractivity contribution is 7.98. The summed E-state index contributed by atoms with van der Waals surface area (Å²) in [5.74, 6) is 2.51. The van der Waals surface area contributed by atoms with Crippen LogP contribution < -0.4 is 4.90 Å². The molecule has 1 atom stereocenters. The Morgan fingerprint density at radius 1 is 1.56 bits per heavy atom. The number of anilines is 1. The summed E-state index contributed by atoms with van der Waals surface area (Å²) >= 11 is 7.86. The zero-order valence-electron chi connectivity index (χ0n) is 10.7. The Balaban J connectivity index is 2.42. The normalized spacial score (nSPS) is 12.9. The van der Waals surface area contributed by atoms with E-state index >= 15 is 0 Å². The Bertz CT molecular complexity index is 529. The number of halogens is 1. The van der Waals surface area contributed by atoms with Crippen LogP contribution in [0.15, 0.2) is 12.4 Å². The third kappa shape index (κ3) is 2.54. The lowest BCUT2D eigenvalue weighted by Crippen LogP contribution is -2.34. The summed E-state index contributed by atoms with van der Waals surface area (Å²) in [5, 5.41) is 4.63. The summed E-state index contributed by atoms with van der Waals surface area (Å²) in [7, 11) is 2.05. The first-order chi connectivity index (χ1) is 8.67. The predicted octanol–water partition coefficient (Wildman–Crippen LogP) is 2.36. The molecule has 0 aromatic carbocycles. The van der Waals surface area contributed by atoms with Crippen molar-refractivity contribution in [2.24, 2.45) is 0 Å². The summed E-state index contributed by atoms with van der Waals surface area (Å²) in [6.07, 6.45) is 4.67. The molecule has 0 bridgehead atoms. The Hall–Kier alpha value is -1.01. The second-order valence-corrected chi connectivity index (χ2v) is 5.34. The van der Waals surface area contributed by atoms with Gasteiger partial charge in [0.25, 0.3) is 5.78 Å². The number of rotatable bonds is 5. The minimum absolute atomic E-state index is 0.436. The number of thioether (sulfide) groups is 1. The molecule has 98 valence electrons. The standard InChI is InChI=1S/C11H16ClN5S/c1-4-8(6-18-3)16(2)10-5-9(12)15-11-13-7-14-17(10)11/h5,7-8H,4,6H2,1-3H3. The number of hydrogen-bond donors (Lipinski definition) is 0. The van der Waals surface area contributed by atoms with Crippen molar-refractivity contribution < 1.29 is 0 Å². The van der Waals surface area contributed by atoms with Crippen LogP contribution in [0.3, 0.4) is 0 Å². The smallest absolute Gasteiger partial charge is 0.255 e. The summed E-state index contributed by atoms with van der Waals surface area (Å²) < 4.78 is 1.72. The highest BCUT2D eigenvalue weighted by Crippen LogP contribution is 2.21. The molecule has 0 aliphatic rings. The van der Waals surface area contributed by atoms with Crippen LogP contribution in [0, 0.1) is 0 Å². The Morgan fingerprint density at radius 3 is 3.00 bits per heavy atom. The molecule has 0 aliphatic carbocycles. The van der Waals surface area contributed by atoms with Gasteiger partial charge in [0, 0.05) is 24.9 Å². The molecule has 0 saturated heterocycles. The first-order valence-electron chi connectivity index (χ1n) is 5.75. The van der Waals surface area contributed by atoms with Gasteiger partial charge in [-0.3, -0.25) is 0 Å². The average molecular weight is 286 g/mol. The average Bonchev–Trinajstić information content (AvgIpc) is 2.82. The van der Waals surface area contributed by atoms with Crippen LogP contribution >= 0.6 is 23.4 Å². The zero-order valence-corrected chi connectivity index (χ0v) is 12.2. The van der Waals surface area contributed by atoms with E-state index in [9.17, 15) is 0 Å². The fourth-order valence-corrected chi connectivity index (χ4v) is 2.92. The van der Waals surface area contributed by atoms with Gasteiger partial charge in [-0.1, -0.05) is 18.5 Å². The van der Waals surface area contributed by atoms with Gasteiger partial charge in [0.15, 0.2) is 0 Å². The minimum Gasteiger partial charge on any atom is -0.356 e. The molecule has 18 heavy (non-hydrogen) atoms. The van der Waals surface area contributed by atoms with Crippen molar-refractivity contribution in [1.82, 2.24) is 19.6 Å². The maximum Gasteiger partial charge on any atom is 0.255 e. The molecule has 2 aromatic rings. The molecule has 2 aromatic heterocycles. The third-order valence-electron chi connectivity index (χ3n) is 2.94. The molecule has 0 fully saturated rings. The fourth-order valence-electron chi connectivity index (χ4n) is 1.90. The molecule has 0 spiro atoms. The number of aromatic nitrogens is 4. The monoisotopic (exact) mass is 285 g/mol. The first-order valence-corrected chi connectivity index (χ1v) is 7.52. The molecular weight excluding hydrogens is 270 g/mol. The van der Waals surface area contributed by atoms with Gasteiger partial charge in [0.1, 0.15) is 17.3 Å². The predicted molar refractivity (Wildman–Crippen MR) is 76.7 cm³/mol. The largest absolute Gasteiger partial charge is 0.356 e. The van der Waals surface area contributed by atoms with Gasteiger partial charge in [-0.25, -0.2) is 0 Å². The van der Waals surface area contributed by atoms with Crippen LogP contribution in [-0.2, 0) is 0 Å². The Labute approximate surface area is 116 Å². The van der Waals surface area contributed by atoms with Crippen LogP contribution in [0.25, 0.3) is 5.78 Å². The highest BCUT2D eigenvalue weighted by atomic mass is 35.5. The van der Waals surface area contributed by atoms with E-state index in [1.807, 2.05) is 17.8 Å². The summed E-state index contributed by atoms with van der Waals surface area (Å²) in [6.45, 7) is 2.18. The summed E-state index contributed by atoms with van der Waals surface area (Å²) in [4.78, 5) is 10.4. The van der Waals surface area contributed by atoms with Gasteiger partial charge in [0.2, 0.25) is 0 Å². The van der Waals surface area contributed by atoms with Gasteiger partial charge >= 0.3 is 0 Å². The van der Waals surface area contributed by atoms with Crippen LogP contribution in [0.1, 0.15) is 13.3 Å². The van der Waals surface area contributed by atoms with E-state index in [1.165, 1.54) is 6.33 Å². The second-order valence-electron chi connectivity index (χ2n) is 4.04. The fraction of sp³-hybridized carbons (Fsp3) is 0.545. The molecule has 0 amide bonds. The quantitative estimate of drug-likeness (QED) is 0.789. The molecule has 2 rings (SSSR count). The summed E-state index contributed by atoms with van der Waals surface area (Å²) in [6, 6.07) is 2.26. The third-order valence-corrected chi connectivity index (χ3v) is 3.85. The van der Waals surface area contributed by atoms with E-state index in [4.69, 9.17) is 11.6 Å². The lowest BCUT2D eigenvalue weighted by atomic mass is 10.2. The molecule has 0 aliphatic heterocycles. The van der Waals surface area contributed by atoms with Crippen molar-refractivity contribution in [3.63, 3.8) is 0 Å². The zero-order chi connectivity index (χ0) is 13.1. The van der Waals surface area contributed by atoms with Gasteiger partial charge in [-0.05, 0) is 12.7 Å². The van der Waals surface area contributed by atoms with Gasteiger partial charge in [-0.15, -0.1) is 0 Å². The molecular formula is C11H16ClN5S. The Kier molecular flexibility index (Phi) is 4.29. The molecule has 2 heterocycles. The van der Waals surface area contributed by atoms with E-state index in [2.05, 4.69) is 40.2 Å². The van der Waals surface area contributed by atoms with Crippen molar-refractivity contribution in [3.05, 3.63) is 17.5 Å². The minimum atomic E-state index is 0.436. The van der Waals surface area contributed by atoms with Crippen molar-refractivity contribution in [2.45, 2.75) is 19.4 Å².